The van der Waals surface area contributed by atoms with Gasteiger partial charge in [0.05, 0.1) is 16.9 Å². The van der Waals surface area contributed by atoms with Crippen molar-refractivity contribution in [2.75, 3.05) is 0 Å². The van der Waals surface area contributed by atoms with Crippen LogP contribution in [0.3, 0.4) is 0 Å². The van der Waals surface area contributed by atoms with Crippen LogP contribution in [-0.2, 0) is 13.1 Å². The van der Waals surface area contributed by atoms with Crippen LogP contribution in [0.15, 0.2) is 42.7 Å². The summed E-state index contributed by atoms with van der Waals surface area (Å²) >= 11 is 1.73. The highest BCUT2D eigenvalue weighted by Gasteiger charge is 2.07. The number of hydrogen-bond donors (Lipinski definition) is 2. The SMILES string of the molecule is Cc1ncc(CNCc2cn[nH]c2-c2ccccc2)s1. The zero-order chi connectivity index (χ0) is 13.8. The number of aryl methyl sites for hydroxylation is 1. The highest BCUT2D eigenvalue weighted by atomic mass is 32.1. The minimum Gasteiger partial charge on any atom is -0.308 e. The third-order valence-electron chi connectivity index (χ3n) is 3.06. The first-order chi connectivity index (χ1) is 9.83. The molecule has 0 amide bonds. The molecule has 102 valence electrons. The van der Waals surface area contributed by atoms with E-state index in [-0.39, 0.29) is 0 Å². The van der Waals surface area contributed by atoms with Gasteiger partial charge in [-0.25, -0.2) is 4.98 Å². The van der Waals surface area contributed by atoms with E-state index in [0.717, 1.165) is 29.4 Å². The molecule has 5 heteroatoms. The van der Waals surface area contributed by atoms with Crippen LogP contribution in [0.25, 0.3) is 11.3 Å². The minimum atomic E-state index is 0.789. The van der Waals surface area contributed by atoms with Gasteiger partial charge in [-0.1, -0.05) is 30.3 Å². The third-order valence-corrected chi connectivity index (χ3v) is 3.98. The molecule has 0 radical (unpaired) electrons. The van der Waals surface area contributed by atoms with E-state index < -0.39 is 0 Å². The van der Waals surface area contributed by atoms with Gasteiger partial charge in [-0.15, -0.1) is 11.3 Å². The van der Waals surface area contributed by atoms with E-state index in [2.05, 4.69) is 32.6 Å². The van der Waals surface area contributed by atoms with E-state index in [1.165, 1.54) is 10.4 Å². The van der Waals surface area contributed by atoms with E-state index in [9.17, 15) is 0 Å². The third kappa shape index (κ3) is 2.95. The largest absolute Gasteiger partial charge is 0.308 e. The van der Waals surface area contributed by atoms with Gasteiger partial charge in [0.1, 0.15) is 0 Å². The lowest BCUT2D eigenvalue weighted by Gasteiger charge is -2.04. The lowest BCUT2D eigenvalue weighted by atomic mass is 10.1. The maximum absolute atomic E-state index is 4.26. The molecule has 4 nitrogen and oxygen atoms in total. The van der Waals surface area contributed by atoms with Crippen molar-refractivity contribution in [2.45, 2.75) is 20.0 Å². The number of aromatic nitrogens is 3. The molecule has 2 N–H and O–H groups in total. The van der Waals surface area contributed by atoms with Crippen molar-refractivity contribution in [1.82, 2.24) is 20.5 Å². The smallest absolute Gasteiger partial charge is 0.0897 e. The molecule has 2 heterocycles. The molecule has 0 saturated heterocycles. The Morgan fingerprint density at radius 2 is 2.00 bits per heavy atom. The predicted molar refractivity (Wildman–Crippen MR) is 81.4 cm³/mol. The molecule has 0 aliphatic rings. The van der Waals surface area contributed by atoms with Crippen molar-refractivity contribution in [3.8, 4) is 11.3 Å². The minimum absolute atomic E-state index is 0.789. The number of aromatic amines is 1. The summed E-state index contributed by atoms with van der Waals surface area (Å²) < 4.78 is 0. The molecule has 0 fully saturated rings. The molecule has 20 heavy (non-hydrogen) atoms. The molecule has 0 aliphatic carbocycles. The zero-order valence-electron chi connectivity index (χ0n) is 11.3. The number of nitrogens with one attached hydrogen (secondary N) is 2. The number of rotatable bonds is 5. The molecule has 0 unspecified atom stereocenters. The summed E-state index contributed by atoms with van der Waals surface area (Å²) in [5.41, 5.74) is 3.42. The predicted octanol–water partition coefficient (Wildman–Crippen LogP) is 3.13. The fraction of sp³-hybridized carbons (Fsp3) is 0.200. The second-order valence-electron chi connectivity index (χ2n) is 4.59. The summed E-state index contributed by atoms with van der Waals surface area (Å²) in [4.78, 5) is 5.51. The van der Waals surface area contributed by atoms with Crippen LogP contribution < -0.4 is 5.32 Å². The Kier molecular flexibility index (Phi) is 3.90. The molecule has 2 aromatic heterocycles. The molecule has 3 aromatic rings. The van der Waals surface area contributed by atoms with Gasteiger partial charge in [-0.2, -0.15) is 5.10 Å². The summed E-state index contributed by atoms with van der Waals surface area (Å²) in [6.45, 7) is 3.65. The Morgan fingerprint density at radius 3 is 2.75 bits per heavy atom. The monoisotopic (exact) mass is 284 g/mol. The molecule has 0 atom stereocenters. The fourth-order valence-electron chi connectivity index (χ4n) is 2.11. The summed E-state index contributed by atoms with van der Waals surface area (Å²) in [5.74, 6) is 0. The van der Waals surface area contributed by atoms with Crippen LogP contribution in [0.1, 0.15) is 15.4 Å². The van der Waals surface area contributed by atoms with Crippen LogP contribution >= 0.6 is 11.3 Å². The lowest BCUT2D eigenvalue weighted by Crippen LogP contribution is -2.11. The standard InChI is InChI=1S/C15H16N4S/c1-11-17-10-14(20-11)9-16-7-13-8-18-19-15(13)12-5-3-2-4-6-12/h2-6,8,10,16H,7,9H2,1H3,(H,18,19). The Morgan fingerprint density at radius 1 is 1.15 bits per heavy atom. The Bertz CT molecular complexity index is 672. The highest BCUT2D eigenvalue weighted by Crippen LogP contribution is 2.20. The summed E-state index contributed by atoms with van der Waals surface area (Å²) in [6.07, 6.45) is 3.81. The average Bonchev–Trinajstić information content (AvgIpc) is 3.09. The maximum Gasteiger partial charge on any atom is 0.0897 e. The van der Waals surface area contributed by atoms with Gasteiger partial charge in [0.25, 0.3) is 0 Å². The molecule has 1 aromatic carbocycles. The van der Waals surface area contributed by atoms with Crippen LogP contribution in [0.2, 0.25) is 0 Å². The van der Waals surface area contributed by atoms with E-state index in [1.807, 2.05) is 37.5 Å². The molecule has 0 spiro atoms. The number of nitrogens with zero attached hydrogens (tertiary/aromatic N) is 2. The highest BCUT2D eigenvalue weighted by molar-refractivity contribution is 7.11. The van der Waals surface area contributed by atoms with Gasteiger partial charge in [-0.05, 0) is 12.5 Å². The van der Waals surface area contributed by atoms with Gasteiger partial charge >= 0.3 is 0 Å². The Hall–Kier alpha value is -1.98. The van der Waals surface area contributed by atoms with E-state index in [4.69, 9.17) is 0 Å². The van der Waals surface area contributed by atoms with Crippen LogP contribution in [0.4, 0.5) is 0 Å². The summed E-state index contributed by atoms with van der Waals surface area (Å²) in [6, 6.07) is 10.3. The first kappa shape index (κ1) is 13.0. The first-order valence-electron chi connectivity index (χ1n) is 6.52. The number of thiazole rings is 1. The van der Waals surface area contributed by atoms with Crippen molar-refractivity contribution in [1.29, 1.82) is 0 Å². The van der Waals surface area contributed by atoms with Crippen LogP contribution in [0, 0.1) is 6.92 Å². The molecule has 0 saturated carbocycles. The zero-order valence-corrected chi connectivity index (χ0v) is 12.1. The van der Waals surface area contributed by atoms with Crippen molar-refractivity contribution >= 4 is 11.3 Å². The molecular formula is C15H16N4S. The second kappa shape index (κ2) is 5.98. The van der Waals surface area contributed by atoms with Crippen molar-refractivity contribution < 1.29 is 0 Å². The van der Waals surface area contributed by atoms with Gasteiger partial charge in [-0.3, -0.25) is 5.10 Å². The summed E-state index contributed by atoms with van der Waals surface area (Å²) in [7, 11) is 0. The average molecular weight is 284 g/mol. The van der Waals surface area contributed by atoms with Crippen LogP contribution in [-0.4, -0.2) is 15.2 Å². The molecule has 0 bridgehead atoms. The van der Waals surface area contributed by atoms with E-state index in [1.54, 1.807) is 11.3 Å². The van der Waals surface area contributed by atoms with Crippen molar-refractivity contribution in [2.24, 2.45) is 0 Å². The maximum atomic E-state index is 4.26. The lowest BCUT2D eigenvalue weighted by molar-refractivity contribution is 0.701. The van der Waals surface area contributed by atoms with Gasteiger partial charge < -0.3 is 5.32 Å². The Labute approximate surface area is 121 Å². The molecule has 3 rings (SSSR count). The first-order valence-corrected chi connectivity index (χ1v) is 7.34. The van der Waals surface area contributed by atoms with Crippen LogP contribution in [0.5, 0.6) is 0 Å². The fourth-order valence-corrected chi connectivity index (χ4v) is 2.87. The second-order valence-corrected chi connectivity index (χ2v) is 5.90. The topological polar surface area (TPSA) is 53.6 Å². The van der Waals surface area contributed by atoms with E-state index >= 15 is 0 Å². The van der Waals surface area contributed by atoms with Crippen molar-refractivity contribution in [3.05, 3.63) is 58.2 Å². The van der Waals surface area contributed by atoms with Crippen molar-refractivity contribution in [3.63, 3.8) is 0 Å². The molecule has 0 aliphatic heterocycles. The van der Waals surface area contributed by atoms with Gasteiger partial charge in [0, 0.05) is 29.7 Å². The number of H-pyrrole nitrogens is 1. The Balaban J connectivity index is 1.65. The molecular weight excluding hydrogens is 268 g/mol. The normalized spacial score (nSPS) is 10.8. The van der Waals surface area contributed by atoms with Gasteiger partial charge in [0.15, 0.2) is 0 Å². The number of hydrogen-bond acceptors (Lipinski definition) is 4. The van der Waals surface area contributed by atoms with Gasteiger partial charge in [0.2, 0.25) is 0 Å². The van der Waals surface area contributed by atoms with E-state index in [0.29, 0.717) is 0 Å². The number of benzene rings is 1. The quantitative estimate of drug-likeness (QED) is 0.757. The summed E-state index contributed by atoms with van der Waals surface area (Å²) in [5, 5.41) is 11.8.